The van der Waals surface area contributed by atoms with Gasteiger partial charge in [0.1, 0.15) is 23.8 Å². The van der Waals surface area contributed by atoms with E-state index in [9.17, 15) is 13.2 Å². The van der Waals surface area contributed by atoms with E-state index in [1.807, 2.05) is 6.92 Å². The van der Waals surface area contributed by atoms with Crippen LogP contribution in [0.25, 0.3) is 0 Å². The molecule has 1 amide bonds. The minimum absolute atomic E-state index is 0.123. The molecule has 2 heterocycles. The Hall–Kier alpha value is -2.10. The van der Waals surface area contributed by atoms with Crippen LogP contribution < -0.4 is 4.74 Å². The molecule has 1 aromatic heterocycles. The van der Waals surface area contributed by atoms with Crippen molar-refractivity contribution in [3.05, 3.63) is 46.8 Å². The summed E-state index contributed by atoms with van der Waals surface area (Å²) in [6, 6.07) is 6.38. The number of carbonyl (C=O) groups is 1. The van der Waals surface area contributed by atoms with Gasteiger partial charge < -0.3 is 14.2 Å². The maximum absolute atomic E-state index is 12.8. The van der Waals surface area contributed by atoms with E-state index >= 15 is 0 Å². The summed E-state index contributed by atoms with van der Waals surface area (Å²) in [7, 11) is -1.49. The zero-order valence-electron chi connectivity index (χ0n) is 16.5. The Bertz CT molecular complexity index is 956. The van der Waals surface area contributed by atoms with Crippen molar-refractivity contribution in [1.82, 2.24) is 14.4 Å². The third-order valence-electron chi connectivity index (χ3n) is 5.13. The molecule has 0 aliphatic carbocycles. The second-order valence-corrected chi connectivity index (χ2v) is 9.53. The van der Waals surface area contributed by atoms with Crippen molar-refractivity contribution in [3.8, 4) is 5.75 Å². The summed E-state index contributed by atoms with van der Waals surface area (Å²) in [5, 5.41) is 4.21. The maximum Gasteiger partial charge on any atom is 0.254 e. The van der Waals surface area contributed by atoms with Crippen LogP contribution in [0.1, 0.15) is 41.9 Å². The molecule has 29 heavy (non-hydrogen) atoms. The molecule has 2 aromatic rings. The van der Waals surface area contributed by atoms with Crippen LogP contribution in [0.4, 0.5) is 0 Å². The molecule has 0 bridgehead atoms. The first kappa shape index (κ1) is 21.6. The van der Waals surface area contributed by atoms with Gasteiger partial charge in [-0.1, -0.05) is 16.8 Å². The summed E-state index contributed by atoms with van der Waals surface area (Å²) in [5.41, 5.74) is 1.10. The number of benzene rings is 1. The van der Waals surface area contributed by atoms with E-state index in [2.05, 4.69) is 5.16 Å². The number of piperidine rings is 1. The molecule has 1 aliphatic heterocycles. The average molecular weight is 442 g/mol. The van der Waals surface area contributed by atoms with Crippen molar-refractivity contribution in [2.75, 3.05) is 26.4 Å². The molecule has 0 saturated carbocycles. The van der Waals surface area contributed by atoms with Crippen molar-refractivity contribution < 1.29 is 22.5 Å². The Kier molecular flexibility index (Phi) is 6.50. The minimum atomic E-state index is -3.18. The van der Waals surface area contributed by atoms with Crippen LogP contribution in [-0.2, 0) is 10.0 Å². The first-order chi connectivity index (χ1) is 13.7. The Labute approximate surface area is 175 Å². The topological polar surface area (TPSA) is 93.0 Å². The van der Waals surface area contributed by atoms with Crippen LogP contribution in [0.15, 0.2) is 35.1 Å². The van der Waals surface area contributed by atoms with Gasteiger partial charge in [-0.25, -0.2) is 12.7 Å². The van der Waals surface area contributed by atoms with Gasteiger partial charge in [0.2, 0.25) is 10.0 Å². The molecule has 158 valence electrons. The largest absolute Gasteiger partial charge is 0.489 e. The Morgan fingerprint density at radius 3 is 2.59 bits per heavy atom. The van der Waals surface area contributed by atoms with E-state index in [-0.39, 0.29) is 18.1 Å². The third-order valence-corrected chi connectivity index (χ3v) is 6.73. The lowest BCUT2D eigenvalue weighted by Crippen LogP contribution is -2.41. The summed E-state index contributed by atoms with van der Waals surface area (Å²) < 4.78 is 35.4. The van der Waals surface area contributed by atoms with E-state index in [0.717, 1.165) is 0 Å². The average Bonchev–Trinajstić information content (AvgIpc) is 3.22. The lowest BCUT2D eigenvalue weighted by atomic mass is 10.1. The van der Waals surface area contributed by atoms with Gasteiger partial charge in [0.15, 0.2) is 0 Å². The molecule has 1 aromatic carbocycles. The van der Waals surface area contributed by atoms with Crippen LogP contribution in [0.3, 0.4) is 0 Å². The number of hydrogen-bond donors (Lipinski definition) is 0. The standard InChI is InChI=1S/C19H24ClN3O5S/c1-13(17-8-11-27-21-17)22(2)19(24)14-4-5-18(16(20)12-14)28-15-6-9-23(10-7-15)29(3,25)26/h4-5,8,11-13,15H,6-7,9-10H2,1-3H3. The highest BCUT2D eigenvalue weighted by Gasteiger charge is 2.27. The van der Waals surface area contributed by atoms with E-state index in [4.69, 9.17) is 20.9 Å². The van der Waals surface area contributed by atoms with Gasteiger partial charge in [0.25, 0.3) is 5.91 Å². The normalized spacial score (nSPS) is 17.1. The van der Waals surface area contributed by atoms with E-state index in [0.29, 0.717) is 48.0 Å². The number of rotatable bonds is 6. The lowest BCUT2D eigenvalue weighted by molar-refractivity contribution is 0.0737. The molecule has 1 unspecified atom stereocenters. The summed E-state index contributed by atoms with van der Waals surface area (Å²) >= 11 is 6.35. The SMILES string of the molecule is CC(c1ccon1)N(C)C(=O)c1ccc(OC2CCN(S(C)(=O)=O)CC2)c(Cl)c1. The number of nitrogens with zero attached hydrogens (tertiary/aromatic N) is 3. The van der Waals surface area contributed by atoms with Gasteiger partial charge in [0, 0.05) is 31.8 Å². The molecular formula is C19H24ClN3O5S. The van der Waals surface area contributed by atoms with Gasteiger partial charge in [-0.3, -0.25) is 4.79 Å². The van der Waals surface area contributed by atoms with Crippen LogP contribution >= 0.6 is 11.6 Å². The van der Waals surface area contributed by atoms with Crippen molar-refractivity contribution in [2.24, 2.45) is 0 Å². The quantitative estimate of drug-likeness (QED) is 0.684. The number of amides is 1. The molecule has 0 N–H and O–H groups in total. The predicted octanol–water partition coefficient (Wildman–Crippen LogP) is 2.96. The second-order valence-electron chi connectivity index (χ2n) is 7.14. The highest BCUT2D eigenvalue weighted by molar-refractivity contribution is 7.88. The molecule has 0 spiro atoms. The zero-order chi connectivity index (χ0) is 21.2. The fourth-order valence-corrected chi connectivity index (χ4v) is 4.31. The molecule has 1 fully saturated rings. The first-order valence-electron chi connectivity index (χ1n) is 9.25. The van der Waals surface area contributed by atoms with Crippen LogP contribution in [0.5, 0.6) is 5.75 Å². The number of ether oxygens (including phenoxy) is 1. The first-order valence-corrected chi connectivity index (χ1v) is 11.5. The minimum Gasteiger partial charge on any atom is -0.489 e. The van der Waals surface area contributed by atoms with Gasteiger partial charge in [-0.2, -0.15) is 0 Å². The Morgan fingerprint density at radius 1 is 1.34 bits per heavy atom. The molecule has 10 heteroatoms. The highest BCUT2D eigenvalue weighted by atomic mass is 35.5. The maximum atomic E-state index is 12.8. The monoisotopic (exact) mass is 441 g/mol. The van der Waals surface area contributed by atoms with E-state index in [1.54, 1.807) is 36.2 Å². The van der Waals surface area contributed by atoms with Gasteiger partial charge >= 0.3 is 0 Å². The molecule has 1 aliphatic rings. The summed E-state index contributed by atoms with van der Waals surface area (Å²) in [6.07, 6.45) is 3.72. The smallest absolute Gasteiger partial charge is 0.254 e. The Morgan fingerprint density at radius 2 is 2.03 bits per heavy atom. The number of sulfonamides is 1. The summed E-state index contributed by atoms with van der Waals surface area (Å²) in [4.78, 5) is 14.3. The number of aromatic nitrogens is 1. The van der Waals surface area contributed by atoms with E-state index in [1.165, 1.54) is 16.8 Å². The fraction of sp³-hybridized carbons (Fsp3) is 0.474. The van der Waals surface area contributed by atoms with Gasteiger partial charge in [-0.05, 0) is 38.0 Å². The third kappa shape index (κ3) is 5.09. The van der Waals surface area contributed by atoms with Crippen molar-refractivity contribution >= 4 is 27.5 Å². The van der Waals surface area contributed by atoms with Crippen LogP contribution in [-0.4, -0.2) is 61.2 Å². The summed E-state index contributed by atoms with van der Waals surface area (Å²) in [6.45, 7) is 2.70. The Balaban J connectivity index is 1.64. The number of halogens is 1. The highest BCUT2D eigenvalue weighted by Crippen LogP contribution is 2.30. The molecule has 3 rings (SSSR count). The number of hydrogen-bond acceptors (Lipinski definition) is 6. The molecule has 0 radical (unpaired) electrons. The van der Waals surface area contributed by atoms with Crippen molar-refractivity contribution in [1.29, 1.82) is 0 Å². The molecule has 8 nitrogen and oxygen atoms in total. The molecule has 1 saturated heterocycles. The molecule has 1 atom stereocenters. The van der Waals surface area contributed by atoms with Gasteiger partial charge in [-0.15, -0.1) is 0 Å². The zero-order valence-corrected chi connectivity index (χ0v) is 18.1. The second kappa shape index (κ2) is 8.73. The number of carbonyl (C=O) groups excluding carboxylic acids is 1. The molecular weight excluding hydrogens is 418 g/mol. The lowest BCUT2D eigenvalue weighted by Gasteiger charge is -2.30. The van der Waals surface area contributed by atoms with Gasteiger partial charge in [0.05, 0.1) is 17.3 Å². The van der Waals surface area contributed by atoms with Crippen molar-refractivity contribution in [2.45, 2.75) is 31.9 Å². The van der Waals surface area contributed by atoms with E-state index < -0.39 is 10.0 Å². The fourth-order valence-electron chi connectivity index (χ4n) is 3.21. The summed E-state index contributed by atoms with van der Waals surface area (Å²) in [5.74, 6) is 0.281. The van der Waals surface area contributed by atoms with Crippen LogP contribution in [0.2, 0.25) is 5.02 Å². The van der Waals surface area contributed by atoms with Crippen LogP contribution in [0, 0.1) is 0 Å². The van der Waals surface area contributed by atoms with Crippen molar-refractivity contribution in [3.63, 3.8) is 0 Å². The predicted molar refractivity (Wildman–Crippen MR) is 109 cm³/mol.